The highest BCUT2D eigenvalue weighted by Gasteiger charge is 2.03. The van der Waals surface area contributed by atoms with Gasteiger partial charge in [-0.2, -0.15) is 0 Å². The van der Waals surface area contributed by atoms with Gasteiger partial charge >= 0.3 is 0 Å². The summed E-state index contributed by atoms with van der Waals surface area (Å²) in [6.07, 6.45) is 1.67. The topological polar surface area (TPSA) is 48.0 Å². The highest BCUT2D eigenvalue weighted by Crippen LogP contribution is 2.15. The lowest BCUT2D eigenvalue weighted by atomic mass is 10.2. The maximum atomic E-state index is 12.0. The predicted octanol–water partition coefficient (Wildman–Crippen LogP) is 1.94. The maximum Gasteiger partial charge on any atom is 0.258 e. The Morgan fingerprint density at radius 1 is 1.44 bits per heavy atom. The van der Waals surface area contributed by atoms with E-state index in [0.717, 1.165) is 5.39 Å². The van der Waals surface area contributed by atoms with Crippen molar-refractivity contribution in [1.82, 2.24) is 4.57 Å². The molecule has 0 saturated carbocycles. The second-order valence-corrected chi connectivity index (χ2v) is 4.41. The molecular formula is C11H9ClN2OS. The summed E-state index contributed by atoms with van der Waals surface area (Å²) in [4.78, 5) is 12.3. The van der Waals surface area contributed by atoms with E-state index in [9.17, 15) is 4.79 Å². The summed E-state index contributed by atoms with van der Waals surface area (Å²) >= 11 is 10.6. The number of halogens is 1. The fourth-order valence-corrected chi connectivity index (χ4v) is 1.87. The Kier molecular flexibility index (Phi) is 2.94. The van der Waals surface area contributed by atoms with Crippen LogP contribution in [0.15, 0.2) is 35.3 Å². The van der Waals surface area contributed by atoms with Gasteiger partial charge in [-0.15, -0.1) is 0 Å². The fourth-order valence-electron chi connectivity index (χ4n) is 1.55. The minimum Gasteiger partial charge on any atom is -0.392 e. The number of hydrogen-bond donors (Lipinski definition) is 1. The first kappa shape index (κ1) is 11.1. The monoisotopic (exact) mass is 252 g/mol. The van der Waals surface area contributed by atoms with Gasteiger partial charge in [0.1, 0.15) is 0 Å². The van der Waals surface area contributed by atoms with Gasteiger partial charge in [0.25, 0.3) is 5.56 Å². The quantitative estimate of drug-likeness (QED) is 0.831. The molecule has 1 heterocycles. The molecule has 0 aliphatic rings. The number of fused-ring (bicyclic) bond motifs is 1. The molecule has 0 unspecified atom stereocenters. The summed E-state index contributed by atoms with van der Waals surface area (Å²) < 4.78 is 1.48. The van der Waals surface area contributed by atoms with Gasteiger partial charge in [0, 0.05) is 16.6 Å². The summed E-state index contributed by atoms with van der Waals surface area (Å²) in [6.45, 7) is 0.257. The number of aromatic nitrogens is 1. The van der Waals surface area contributed by atoms with E-state index >= 15 is 0 Å². The van der Waals surface area contributed by atoms with Crippen LogP contribution in [0.1, 0.15) is 0 Å². The van der Waals surface area contributed by atoms with Crippen LogP contribution >= 0.6 is 23.8 Å². The summed E-state index contributed by atoms with van der Waals surface area (Å²) in [6, 6.07) is 6.97. The van der Waals surface area contributed by atoms with Crippen molar-refractivity contribution in [2.24, 2.45) is 5.73 Å². The third-order valence-corrected chi connectivity index (χ3v) is 2.63. The van der Waals surface area contributed by atoms with Gasteiger partial charge in [-0.25, -0.2) is 0 Å². The van der Waals surface area contributed by atoms with Gasteiger partial charge in [0.05, 0.1) is 11.5 Å². The molecule has 0 atom stereocenters. The molecule has 2 aromatic rings. The van der Waals surface area contributed by atoms with Crippen molar-refractivity contribution in [3.05, 3.63) is 45.8 Å². The van der Waals surface area contributed by atoms with E-state index in [1.807, 2.05) is 6.07 Å². The van der Waals surface area contributed by atoms with E-state index in [-0.39, 0.29) is 17.1 Å². The summed E-state index contributed by atoms with van der Waals surface area (Å²) in [7, 11) is 0. The SMILES string of the molecule is NC(=S)Cn1ccc2cc(Cl)ccc2c1=O. The number of rotatable bonds is 2. The van der Waals surface area contributed by atoms with E-state index in [2.05, 4.69) is 0 Å². The molecule has 82 valence electrons. The highest BCUT2D eigenvalue weighted by molar-refractivity contribution is 7.80. The van der Waals surface area contributed by atoms with Gasteiger partial charge in [-0.3, -0.25) is 4.79 Å². The largest absolute Gasteiger partial charge is 0.392 e. The Hall–Kier alpha value is -1.39. The molecule has 0 aliphatic carbocycles. The second-order valence-electron chi connectivity index (χ2n) is 3.45. The Balaban J connectivity index is 2.66. The molecule has 0 fully saturated rings. The van der Waals surface area contributed by atoms with Crippen molar-refractivity contribution in [2.45, 2.75) is 6.54 Å². The van der Waals surface area contributed by atoms with Crippen LogP contribution in [0.2, 0.25) is 5.02 Å². The minimum absolute atomic E-state index is 0.109. The summed E-state index contributed by atoms with van der Waals surface area (Å²) in [5.41, 5.74) is 5.30. The van der Waals surface area contributed by atoms with Crippen molar-refractivity contribution >= 4 is 39.6 Å². The van der Waals surface area contributed by atoms with Crippen LogP contribution in [0.4, 0.5) is 0 Å². The van der Waals surface area contributed by atoms with Crippen LogP contribution in [0.25, 0.3) is 10.8 Å². The first-order valence-corrected chi connectivity index (χ1v) is 5.43. The molecular weight excluding hydrogens is 244 g/mol. The van der Waals surface area contributed by atoms with Crippen LogP contribution in [-0.4, -0.2) is 9.56 Å². The van der Waals surface area contributed by atoms with Crippen molar-refractivity contribution in [3.63, 3.8) is 0 Å². The average molecular weight is 253 g/mol. The Labute approximate surface area is 102 Å². The van der Waals surface area contributed by atoms with Gasteiger partial charge < -0.3 is 10.3 Å². The zero-order valence-electron chi connectivity index (χ0n) is 8.31. The molecule has 16 heavy (non-hydrogen) atoms. The zero-order chi connectivity index (χ0) is 11.7. The van der Waals surface area contributed by atoms with E-state index in [1.54, 1.807) is 24.4 Å². The first-order valence-electron chi connectivity index (χ1n) is 4.65. The van der Waals surface area contributed by atoms with E-state index in [1.165, 1.54) is 4.57 Å². The molecule has 1 aromatic heterocycles. The van der Waals surface area contributed by atoms with E-state index in [4.69, 9.17) is 29.6 Å². The molecule has 0 amide bonds. The van der Waals surface area contributed by atoms with Crippen LogP contribution in [0, 0.1) is 0 Å². The van der Waals surface area contributed by atoms with Gasteiger partial charge in [0.2, 0.25) is 0 Å². The molecule has 0 saturated heterocycles. The molecule has 0 aliphatic heterocycles. The predicted molar refractivity (Wildman–Crippen MR) is 70.0 cm³/mol. The average Bonchev–Trinajstić information content (AvgIpc) is 2.22. The Morgan fingerprint density at radius 3 is 2.88 bits per heavy atom. The van der Waals surface area contributed by atoms with E-state index < -0.39 is 0 Å². The molecule has 0 spiro atoms. The third kappa shape index (κ3) is 2.08. The third-order valence-electron chi connectivity index (χ3n) is 2.27. The highest BCUT2D eigenvalue weighted by atomic mass is 35.5. The normalized spacial score (nSPS) is 10.6. The fraction of sp³-hybridized carbons (Fsp3) is 0.0909. The van der Waals surface area contributed by atoms with Crippen molar-refractivity contribution in [3.8, 4) is 0 Å². The number of benzene rings is 1. The van der Waals surface area contributed by atoms with E-state index in [0.29, 0.717) is 10.4 Å². The van der Waals surface area contributed by atoms with Crippen LogP contribution < -0.4 is 11.3 Å². The molecule has 3 nitrogen and oxygen atoms in total. The molecule has 5 heteroatoms. The smallest absolute Gasteiger partial charge is 0.258 e. The van der Waals surface area contributed by atoms with Crippen LogP contribution in [0.3, 0.4) is 0 Å². The number of nitrogens with zero attached hydrogens (tertiary/aromatic N) is 1. The molecule has 0 bridgehead atoms. The lowest BCUT2D eigenvalue weighted by Gasteiger charge is -2.05. The van der Waals surface area contributed by atoms with Crippen molar-refractivity contribution in [1.29, 1.82) is 0 Å². The Bertz CT molecular complexity index is 621. The zero-order valence-corrected chi connectivity index (χ0v) is 9.89. The molecule has 1 aromatic carbocycles. The Morgan fingerprint density at radius 2 is 2.19 bits per heavy atom. The number of thiocarbonyl (C=S) groups is 1. The molecule has 2 rings (SSSR count). The van der Waals surface area contributed by atoms with Crippen LogP contribution in [0.5, 0.6) is 0 Å². The lowest BCUT2D eigenvalue weighted by Crippen LogP contribution is -2.26. The summed E-state index contributed by atoms with van der Waals surface area (Å²) in [5.74, 6) is 0. The first-order chi connectivity index (χ1) is 7.58. The maximum absolute atomic E-state index is 12.0. The number of hydrogen-bond acceptors (Lipinski definition) is 2. The lowest BCUT2D eigenvalue weighted by molar-refractivity contribution is 0.819. The van der Waals surface area contributed by atoms with Gasteiger partial charge in [-0.1, -0.05) is 23.8 Å². The van der Waals surface area contributed by atoms with Gasteiger partial charge in [0.15, 0.2) is 0 Å². The minimum atomic E-state index is -0.109. The molecule has 0 radical (unpaired) electrons. The number of pyridine rings is 1. The van der Waals surface area contributed by atoms with Crippen LogP contribution in [-0.2, 0) is 6.54 Å². The van der Waals surface area contributed by atoms with Crippen molar-refractivity contribution < 1.29 is 0 Å². The summed E-state index contributed by atoms with van der Waals surface area (Å²) in [5, 5.41) is 2.04. The second kappa shape index (κ2) is 4.23. The van der Waals surface area contributed by atoms with Gasteiger partial charge in [-0.05, 0) is 29.7 Å². The van der Waals surface area contributed by atoms with Crippen molar-refractivity contribution in [2.75, 3.05) is 0 Å². The standard InChI is InChI=1S/C11H9ClN2OS/c12-8-1-2-9-7(5-8)3-4-14(11(9)15)6-10(13)16/h1-5H,6H2,(H2,13,16). The number of nitrogens with two attached hydrogens (primary N) is 1. The molecule has 2 N–H and O–H groups in total.